The number of hydrogen-bond acceptors (Lipinski definition) is 2. The zero-order valence-electron chi connectivity index (χ0n) is 8.30. The fraction of sp³-hybridized carbons (Fsp3) is 0.800. The predicted octanol–water partition coefficient (Wildman–Crippen LogP) is 1.41. The SMILES string of the molecule is CC1=CC(N)C(C(C)(C)N)CC1. The van der Waals surface area contributed by atoms with E-state index in [0.717, 1.165) is 12.8 Å². The summed E-state index contributed by atoms with van der Waals surface area (Å²) >= 11 is 0. The quantitative estimate of drug-likeness (QED) is 0.582. The molecule has 12 heavy (non-hydrogen) atoms. The Hall–Kier alpha value is -0.340. The van der Waals surface area contributed by atoms with Gasteiger partial charge >= 0.3 is 0 Å². The third-order valence-corrected chi connectivity index (χ3v) is 2.75. The first kappa shape index (κ1) is 9.75. The Balaban J connectivity index is 2.72. The van der Waals surface area contributed by atoms with Crippen LogP contribution in [0.5, 0.6) is 0 Å². The molecule has 0 saturated heterocycles. The summed E-state index contributed by atoms with van der Waals surface area (Å²) in [7, 11) is 0. The van der Waals surface area contributed by atoms with Crippen LogP contribution in [0.25, 0.3) is 0 Å². The van der Waals surface area contributed by atoms with E-state index in [2.05, 4.69) is 26.8 Å². The number of hydrogen-bond donors (Lipinski definition) is 2. The van der Waals surface area contributed by atoms with Gasteiger partial charge in [-0.25, -0.2) is 0 Å². The lowest BCUT2D eigenvalue weighted by Crippen LogP contribution is -2.50. The summed E-state index contributed by atoms with van der Waals surface area (Å²) in [4.78, 5) is 0. The summed E-state index contributed by atoms with van der Waals surface area (Å²) in [5, 5.41) is 0. The van der Waals surface area contributed by atoms with E-state index in [1.165, 1.54) is 5.57 Å². The van der Waals surface area contributed by atoms with Gasteiger partial charge in [0.1, 0.15) is 0 Å². The van der Waals surface area contributed by atoms with Gasteiger partial charge in [-0.3, -0.25) is 0 Å². The maximum absolute atomic E-state index is 6.04. The summed E-state index contributed by atoms with van der Waals surface area (Å²) in [6.07, 6.45) is 4.44. The van der Waals surface area contributed by atoms with Crippen LogP contribution < -0.4 is 11.5 Å². The molecule has 0 amide bonds. The molecule has 0 fully saturated rings. The maximum Gasteiger partial charge on any atom is 0.0272 e. The molecule has 2 heteroatoms. The van der Waals surface area contributed by atoms with Crippen LogP contribution in [0.4, 0.5) is 0 Å². The van der Waals surface area contributed by atoms with Crippen molar-refractivity contribution in [3.05, 3.63) is 11.6 Å². The van der Waals surface area contributed by atoms with Crippen LogP contribution in [0.2, 0.25) is 0 Å². The van der Waals surface area contributed by atoms with Gasteiger partial charge in [0.15, 0.2) is 0 Å². The smallest absolute Gasteiger partial charge is 0.0272 e. The first-order valence-electron chi connectivity index (χ1n) is 4.63. The lowest BCUT2D eigenvalue weighted by Gasteiger charge is -2.36. The standard InChI is InChI=1S/C10H20N2/c1-7-4-5-8(9(11)6-7)10(2,3)12/h6,8-9H,4-5,11-12H2,1-3H3. The van der Waals surface area contributed by atoms with Gasteiger partial charge < -0.3 is 11.5 Å². The zero-order chi connectivity index (χ0) is 9.35. The molecule has 0 aliphatic heterocycles. The Kier molecular flexibility index (Phi) is 2.59. The summed E-state index contributed by atoms with van der Waals surface area (Å²) < 4.78 is 0. The first-order valence-corrected chi connectivity index (χ1v) is 4.63. The number of allylic oxidation sites excluding steroid dienone is 1. The van der Waals surface area contributed by atoms with E-state index in [1.54, 1.807) is 0 Å². The minimum Gasteiger partial charge on any atom is -0.325 e. The van der Waals surface area contributed by atoms with Gasteiger partial charge in [-0.05, 0) is 39.5 Å². The molecule has 2 atom stereocenters. The fourth-order valence-electron chi connectivity index (χ4n) is 1.97. The van der Waals surface area contributed by atoms with Crippen LogP contribution in [-0.4, -0.2) is 11.6 Å². The fourth-order valence-corrected chi connectivity index (χ4v) is 1.97. The van der Waals surface area contributed by atoms with Gasteiger partial charge in [-0.2, -0.15) is 0 Å². The molecule has 0 saturated carbocycles. The molecule has 0 spiro atoms. The van der Waals surface area contributed by atoms with Crippen molar-refractivity contribution in [3.8, 4) is 0 Å². The molecule has 0 aromatic rings. The van der Waals surface area contributed by atoms with E-state index in [4.69, 9.17) is 11.5 Å². The second-order valence-corrected chi connectivity index (χ2v) is 4.56. The molecule has 0 radical (unpaired) electrons. The zero-order valence-corrected chi connectivity index (χ0v) is 8.30. The average Bonchev–Trinajstić information content (AvgIpc) is 1.83. The van der Waals surface area contributed by atoms with E-state index < -0.39 is 0 Å². The van der Waals surface area contributed by atoms with Gasteiger partial charge in [0, 0.05) is 11.6 Å². The highest BCUT2D eigenvalue weighted by molar-refractivity contribution is 5.12. The minimum atomic E-state index is -0.142. The maximum atomic E-state index is 6.04. The molecule has 0 aromatic carbocycles. The molecule has 0 bridgehead atoms. The second kappa shape index (κ2) is 3.19. The van der Waals surface area contributed by atoms with Crippen molar-refractivity contribution in [1.82, 2.24) is 0 Å². The molecule has 0 aromatic heterocycles. The second-order valence-electron chi connectivity index (χ2n) is 4.56. The van der Waals surface area contributed by atoms with Crippen LogP contribution in [0.1, 0.15) is 33.6 Å². The van der Waals surface area contributed by atoms with Crippen LogP contribution in [0.15, 0.2) is 11.6 Å². The molecule has 1 rings (SSSR count). The van der Waals surface area contributed by atoms with Crippen molar-refractivity contribution in [1.29, 1.82) is 0 Å². The highest BCUT2D eigenvalue weighted by Gasteiger charge is 2.31. The number of nitrogens with two attached hydrogens (primary N) is 2. The first-order chi connectivity index (χ1) is 5.41. The van der Waals surface area contributed by atoms with E-state index in [9.17, 15) is 0 Å². The van der Waals surface area contributed by atoms with Crippen molar-refractivity contribution >= 4 is 0 Å². The summed E-state index contributed by atoms with van der Waals surface area (Å²) in [5.74, 6) is 0.432. The molecule has 1 aliphatic rings. The van der Waals surface area contributed by atoms with Crippen LogP contribution in [-0.2, 0) is 0 Å². The van der Waals surface area contributed by atoms with Crippen molar-refractivity contribution in [2.45, 2.75) is 45.2 Å². The topological polar surface area (TPSA) is 52.0 Å². The summed E-state index contributed by atoms with van der Waals surface area (Å²) in [6.45, 7) is 6.26. The molecule has 0 heterocycles. The Morgan fingerprint density at radius 3 is 2.50 bits per heavy atom. The molecule has 2 unspecified atom stereocenters. The Morgan fingerprint density at radius 2 is 2.08 bits per heavy atom. The molecule has 1 aliphatic carbocycles. The Bertz CT molecular complexity index is 189. The van der Waals surface area contributed by atoms with E-state index in [0.29, 0.717) is 5.92 Å². The van der Waals surface area contributed by atoms with Gasteiger partial charge in [0.2, 0.25) is 0 Å². The molecular weight excluding hydrogens is 148 g/mol. The highest BCUT2D eigenvalue weighted by atomic mass is 14.8. The Morgan fingerprint density at radius 1 is 1.50 bits per heavy atom. The monoisotopic (exact) mass is 168 g/mol. The van der Waals surface area contributed by atoms with Crippen LogP contribution in [0, 0.1) is 5.92 Å². The largest absolute Gasteiger partial charge is 0.325 e. The van der Waals surface area contributed by atoms with Gasteiger partial charge in [-0.1, -0.05) is 11.6 Å². The van der Waals surface area contributed by atoms with Crippen molar-refractivity contribution < 1.29 is 0 Å². The van der Waals surface area contributed by atoms with Crippen molar-refractivity contribution in [2.24, 2.45) is 17.4 Å². The predicted molar refractivity (Wildman–Crippen MR) is 52.7 cm³/mol. The molecule has 70 valence electrons. The molecule has 4 N–H and O–H groups in total. The molecular formula is C10H20N2. The van der Waals surface area contributed by atoms with E-state index in [1.807, 2.05) is 0 Å². The van der Waals surface area contributed by atoms with Crippen molar-refractivity contribution in [3.63, 3.8) is 0 Å². The average molecular weight is 168 g/mol. The third kappa shape index (κ3) is 2.08. The van der Waals surface area contributed by atoms with E-state index in [-0.39, 0.29) is 11.6 Å². The lowest BCUT2D eigenvalue weighted by atomic mass is 9.75. The van der Waals surface area contributed by atoms with Crippen LogP contribution >= 0.6 is 0 Å². The molecule has 2 nitrogen and oxygen atoms in total. The Labute approximate surface area is 75.0 Å². The summed E-state index contributed by atoms with van der Waals surface area (Å²) in [5.41, 5.74) is 13.3. The normalized spacial score (nSPS) is 31.6. The number of rotatable bonds is 1. The summed E-state index contributed by atoms with van der Waals surface area (Å²) in [6, 6.07) is 0.152. The lowest BCUT2D eigenvalue weighted by molar-refractivity contribution is 0.267. The van der Waals surface area contributed by atoms with E-state index >= 15 is 0 Å². The highest BCUT2D eigenvalue weighted by Crippen LogP contribution is 2.29. The van der Waals surface area contributed by atoms with Gasteiger partial charge in [0.25, 0.3) is 0 Å². The van der Waals surface area contributed by atoms with Crippen LogP contribution in [0.3, 0.4) is 0 Å². The minimum absolute atomic E-state index is 0.142. The van der Waals surface area contributed by atoms with Gasteiger partial charge in [0.05, 0.1) is 0 Å². The van der Waals surface area contributed by atoms with Crippen molar-refractivity contribution in [2.75, 3.05) is 0 Å². The third-order valence-electron chi connectivity index (χ3n) is 2.75. The van der Waals surface area contributed by atoms with Gasteiger partial charge in [-0.15, -0.1) is 0 Å².